The molecule has 0 aliphatic carbocycles. The number of nitrogens with zero attached hydrogens (tertiary/aromatic N) is 2. The number of benzene rings is 2. The van der Waals surface area contributed by atoms with Crippen molar-refractivity contribution in [2.45, 2.75) is 12.8 Å². The monoisotopic (exact) mass is 310 g/mol. The zero-order valence-electron chi connectivity index (χ0n) is 12.5. The summed E-state index contributed by atoms with van der Waals surface area (Å²) in [5.74, 6) is -1.21. The molecule has 4 nitrogen and oxygen atoms in total. The van der Waals surface area contributed by atoms with Crippen molar-refractivity contribution in [3.8, 4) is 0 Å². The van der Waals surface area contributed by atoms with Gasteiger partial charge in [-0.15, -0.1) is 0 Å². The molecule has 2 amide bonds. The van der Waals surface area contributed by atoms with Crippen molar-refractivity contribution in [2.24, 2.45) is 0 Å². The van der Waals surface area contributed by atoms with E-state index in [1.54, 1.807) is 36.4 Å². The van der Waals surface area contributed by atoms with Gasteiger partial charge in [0.2, 0.25) is 0 Å². The molecule has 2 aliphatic heterocycles. The molecular weight excluding hydrogens is 295 g/mol. The minimum atomic E-state index is -0.404. The third kappa shape index (κ3) is 2.11. The van der Waals surface area contributed by atoms with Crippen molar-refractivity contribution in [1.82, 2.24) is 0 Å². The van der Waals surface area contributed by atoms with Crippen LogP contribution < -0.4 is 9.80 Å². The summed E-state index contributed by atoms with van der Waals surface area (Å²) in [6.07, 6.45) is 2.11. The summed E-state index contributed by atoms with van der Waals surface area (Å²) in [7, 11) is 0. The maximum Gasteiger partial charge on any atom is 0.266 e. The summed E-state index contributed by atoms with van der Waals surface area (Å²) < 4.78 is 14.4. The lowest BCUT2D eigenvalue weighted by Crippen LogP contribution is -2.29. The summed E-state index contributed by atoms with van der Waals surface area (Å²) in [6, 6.07) is 11.2. The highest BCUT2D eigenvalue weighted by Gasteiger charge is 2.36. The van der Waals surface area contributed by atoms with Crippen LogP contribution in [0, 0.1) is 5.82 Å². The van der Waals surface area contributed by atoms with Crippen LogP contribution in [-0.2, 0) is 0 Å². The van der Waals surface area contributed by atoms with Crippen LogP contribution in [0.3, 0.4) is 0 Å². The Morgan fingerprint density at radius 1 is 0.870 bits per heavy atom. The number of anilines is 2. The van der Waals surface area contributed by atoms with Crippen LogP contribution in [0.5, 0.6) is 0 Å². The lowest BCUT2D eigenvalue weighted by Gasteiger charge is -2.20. The van der Waals surface area contributed by atoms with Gasteiger partial charge in [0.15, 0.2) is 0 Å². The van der Waals surface area contributed by atoms with Gasteiger partial charge in [-0.05, 0) is 37.1 Å². The fourth-order valence-electron chi connectivity index (χ4n) is 3.27. The molecule has 0 unspecified atom stereocenters. The highest BCUT2D eigenvalue weighted by Crippen LogP contribution is 2.32. The quantitative estimate of drug-likeness (QED) is 0.800. The van der Waals surface area contributed by atoms with Crippen molar-refractivity contribution in [3.05, 3.63) is 59.4 Å². The molecule has 116 valence electrons. The topological polar surface area (TPSA) is 40.6 Å². The molecule has 0 bridgehead atoms. The lowest BCUT2D eigenvalue weighted by molar-refractivity contribution is 0.0926. The fourth-order valence-corrected chi connectivity index (χ4v) is 3.27. The van der Waals surface area contributed by atoms with Gasteiger partial charge in [0, 0.05) is 19.2 Å². The molecule has 5 heteroatoms. The molecule has 0 atom stereocenters. The van der Waals surface area contributed by atoms with Crippen LogP contribution in [0.15, 0.2) is 42.5 Å². The van der Waals surface area contributed by atoms with Gasteiger partial charge in [-0.2, -0.15) is 0 Å². The smallest absolute Gasteiger partial charge is 0.266 e. The third-order valence-electron chi connectivity index (χ3n) is 4.43. The average Bonchev–Trinajstić information content (AvgIpc) is 3.16. The summed E-state index contributed by atoms with van der Waals surface area (Å²) in [5.41, 5.74) is 1.53. The van der Waals surface area contributed by atoms with E-state index in [1.165, 1.54) is 6.07 Å². The largest absolute Gasteiger partial charge is 0.369 e. The SMILES string of the molecule is O=C1c2ccccc2C(=O)N1c1ccc(N2CCCC2)c(F)c1. The van der Waals surface area contributed by atoms with E-state index in [0.717, 1.165) is 30.8 Å². The zero-order chi connectivity index (χ0) is 16.0. The average molecular weight is 310 g/mol. The summed E-state index contributed by atoms with van der Waals surface area (Å²) >= 11 is 0. The fraction of sp³-hybridized carbons (Fsp3) is 0.222. The van der Waals surface area contributed by atoms with Crippen molar-refractivity contribution >= 4 is 23.2 Å². The highest BCUT2D eigenvalue weighted by atomic mass is 19.1. The number of halogens is 1. The Morgan fingerprint density at radius 2 is 1.48 bits per heavy atom. The van der Waals surface area contributed by atoms with Gasteiger partial charge in [-0.25, -0.2) is 9.29 Å². The van der Waals surface area contributed by atoms with Crippen molar-refractivity contribution in [3.63, 3.8) is 0 Å². The first-order valence-corrected chi connectivity index (χ1v) is 7.69. The molecule has 1 saturated heterocycles. The third-order valence-corrected chi connectivity index (χ3v) is 4.43. The Hall–Kier alpha value is -2.69. The molecule has 1 fully saturated rings. The number of amides is 2. The van der Waals surface area contributed by atoms with Crippen molar-refractivity contribution in [2.75, 3.05) is 22.9 Å². The van der Waals surface area contributed by atoms with Gasteiger partial charge in [0.05, 0.1) is 22.5 Å². The Labute approximate surface area is 133 Å². The van der Waals surface area contributed by atoms with Crippen LogP contribution in [0.1, 0.15) is 33.6 Å². The number of carbonyl (C=O) groups is 2. The van der Waals surface area contributed by atoms with E-state index in [2.05, 4.69) is 0 Å². The second kappa shape index (κ2) is 5.19. The van der Waals surface area contributed by atoms with E-state index in [0.29, 0.717) is 16.8 Å². The summed E-state index contributed by atoms with van der Waals surface area (Å²) in [6.45, 7) is 1.67. The van der Waals surface area contributed by atoms with Crippen molar-refractivity contribution in [1.29, 1.82) is 0 Å². The lowest BCUT2D eigenvalue weighted by atomic mass is 10.1. The van der Waals surface area contributed by atoms with E-state index in [-0.39, 0.29) is 5.69 Å². The van der Waals surface area contributed by atoms with E-state index < -0.39 is 17.6 Å². The van der Waals surface area contributed by atoms with E-state index in [1.807, 2.05) is 4.90 Å². The van der Waals surface area contributed by atoms with E-state index >= 15 is 0 Å². The molecule has 2 aromatic rings. The van der Waals surface area contributed by atoms with Gasteiger partial charge < -0.3 is 4.90 Å². The molecule has 0 saturated carbocycles. The van der Waals surface area contributed by atoms with Gasteiger partial charge in [0.25, 0.3) is 11.8 Å². The standard InChI is InChI=1S/C18H15FN2O2/c19-15-11-12(7-8-16(15)20-9-3-4-10-20)21-17(22)13-5-1-2-6-14(13)18(21)23/h1-2,5-8,11H,3-4,9-10H2. The number of imide groups is 1. The Balaban J connectivity index is 1.71. The maximum absolute atomic E-state index is 14.4. The number of carbonyl (C=O) groups excluding carboxylic acids is 2. The molecule has 0 N–H and O–H groups in total. The molecule has 0 spiro atoms. The Kier molecular flexibility index (Phi) is 3.15. The minimum Gasteiger partial charge on any atom is -0.369 e. The van der Waals surface area contributed by atoms with Crippen LogP contribution >= 0.6 is 0 Å². The molecule has 2 aromatic carbocycles. The number of rotatable bonds is 2. The zero-order valence-corrected chi connectivity index (χ0v) is 12.5. The van der Waals surface area contributed by atoms with Crippen LogP contribution in [-0.4, -0.2) is 24.9 Å². The van der Waals surface area contributed by atoms with Gasteiger partial charge in [-0.1, -0.05) is 12.1 Å². The van der Waals surface area contributed by atoms with Gasteiger partial charge in [-0.3, -0.25) is 9.59 Å². The normalized spacial score (nSPS) is 17.1. The Bertz CT molecular complexity index is 777. The van der Waals surface area contributed by atoms with E-state index in [4.69, 9.17) is 0 Å². The van der Waals surface area contributed by atoms with Gasteiger partial charge >= 0.3 is 0 Å². The first-order valence-electron chi connectivity index (χ1n) is 7.69. The first-order chi connectivity index (χ1) is 11.2. The molecule has 2 heterocycles. The second-order valence-electron chi connectivity index (χ2n) is 5.82. The summed E-state index contributed by atoms with van der Waals surface area (Å²) in [4.78, 5) is 27.9. The predicted octanol–water partition coefficient (Wildman–Crippen LogP) is 3.23. The molecule has 2 aliphatic rings. The predicted molar refractivity (Wildman–Crippen MR) is 85.4 cm³/mol. The minimum absolute atomic E-state index is 0.275. The summed E-state index contributed by atoms with van der Waals surface area (Å²) in [5, 5.41) is 0. The molecule has 4 rings (SSSR count). The molecular formula is C18H15FN2O2. The molecule has 23 heavy (non-hydrogen) atoms. The Morgan fingerprint density at radius 3 is 2.04 bits per heavy atom. The van der Waals surface area contributed by atoms with Crippen molar-refractivity contribution < 1.29 is 14.0 Å². The highest BCUT2D eigenvalue weighted by molar-refractivity contribution is 6.34. The number of fused-ring (bicyclic) bond motifs is 1. The number of hydrogen-bond donors (Lipinski definition) is 0. The second-order valence-corrected chi connectivity index (χ2v) is 5.82. The van der Waals surface area contributed by atoms with Crippen LogP contribution in [0.4, 0.5) is 15.8 Å². The maximum atomic E-state index is 14.4. The van der Waals surface area contributed by atoms with E-state index in [9.17, 15) is 14.0 Å². The van der Waals surface area contributed by atoms with Crippen LogP contribution in [0.25, 0.3) is 0 Å². The van der Waals surface area contributed by atoms with Gasteiger partial charge in [0.1, 0.15) is 5.82 Å². The molecule has 0 aromatic heterocycles. The first kappa shape index (κ1) is 13.9. The molecule has 0 radical (unpaired) electrons. The van der Waals surface area contributed by atoms with Crippen LogP contribution in [0.2, 0.25) is 0 Å². The number of hydrogen-bond acceptors (Lipinski definition) is 3.